The molecule has 0 saturated heterocycles. The second-order valence-corrected chi connectivity index (χ2v) is 4.75. The van der Waals surface area contributed by atoms with Gasteiger partial charge in [0.1, 0.15) is 11.6 Å². The van der Waals surface area contributed by atoms with Gasteiger partial charge in [0.2, 0.25) is 0 Å². The summed E-state index contributed by atoms with van der Waals surface area (Å²) in [7, 11) is 0. The summed E-state index contributed by atoms with van der Waals surface area (Å²) < 4.78 is 19.2. The van der Waals surface area contributed by atoms with Crippen LogP contribution in [0.2, 0.25) is 5.02 Å². The monoisotopic (exact) mass is 282 g/mol. The zero-order valence-electron chi connectivity index (χ0n) is 10.6. The third kappa shape index (κ3) is 3.15. The van der Waals surface area contributed by atoms with Crippen LogP contribution in [0.25, 0.3) is 0 Å². The Labute approximate surface area is 116 Å². The van der Waals surface area contributed by atoms with E-state index in [2.05, 4.69) is 5.43 Å². The molecule has 0 amide bonds. The maximum absolute atomic E-state index is 13.8. The summed E-state index contributed by atoms with van der Waals surface area (Å²) in [5, 5.41) is 0.385. The van der Waals surface area contributed by atoms with Crippen LogP contribution in [0, 0.1) is 5.82 Å². The highest BCUT2D eigenvalue weighted by Gasteiger charge is 2.18. The van der Waals surface area contributed by atoms with E-state index in [9.17, 15) is 4.39 Å². The molecule has 3 N–H and O–H groups in total. The van der Waals surface area contributed by atoms with Gasteiger partial charge in [-0.15, -0.1) is 0 Å². The van der Waals surface area contributed by atoms with Gasteiger partial charge in [-0.05, 0) is 30.2 Å². The van der Waals surface area contributed by atoms with Gasteiger partial charge in [-0.3, -0.25) is 11.3 Å². The van der Waals surface area contributed by atoms with Crippen LogP contribution in [-0.2, 0) is 12.8 Å². The highest BCUT2D eigenvalue weighted by Crippen LogP contribution is 2.25. The van der Waals surface area contributed by atoms with E-state index in [1.165, 1.54) is 6.07 Å². The summed E-state index contributed by atoms with van der Waals surface area (Å²) in [6.07, 6.45) is 2.83. The highest BCUT2D eigenvalue weighted by molar-refractivity contribution is 6.30. The van der Waals surface area contributed by atoms with E-state index in [0.29, 0.717) is 17.0 Å². The van der Waals surface area contributed by atoms with E-state index >= 15 is 0 Å². The fourth-order valence-corrected chi connectivity index (χ4v) is 2.27. The topological polar surface area (TPSA) is 51.2 Å². The molecule has 102 valence electrons. The highest BCUT2D eigenvalue weighted by atomic mass is 35.5. The molecular weight excluding hydrogens is 267 g/mol. The van der Waals surface area contributed by atoms with Gasteiger partial charge in [-0.25, -0.2) is 4.39 Å². The molecule has 0 aliphatic carbocycles. The Bertz CT molecular complexity index is 556. The first-order valence-corrected chi connectivity index (χ1v) is 6.49. The second-order valence-electron chi connectivity index (χ2n) is 4.31. The number of hydrogen-bond donors (Lipinski definition) is 2. The van der Waals surface area contributed by atoms with E-state index < -0.39 is 0 Å². The van der Waals surface area contributed by atoms with Crippen molar-refractivity contribution in [3.63, 3.8) is 0 Å². The van der Waals surface area contributed by atoms with Gasteiger partial charge in [0.15, 0.2) is 0 Å². The molecule has 1 heterocycles. The first-order valence-electron chi connectivity index (χ1n) is 6.12. The number of benzene rings is 1. The SMILES string of the molecule is CCc1occc1C(Cc1ccc(Cl)cc1F)NN. The van der Waals surface area contributed by atoms with Gasteiger partial charge in [0.25, 0.3) is 0 Å². The summed E-state index contributed by atoms with van der Waals surface area (Å²) in [5.74, 6) is 6.11. The van der Waals surface area contributed by atoms with Gasteiger partial charge >= 0.3 is 0 Å². The molecule has 1 aromatic carbocycles. The lowest BCUT2D eigenvalue weighted by atomic mass is 9.98. The van der Waals surface area contributed by atoms with E-state index in [4.69, 9.17) is 21.9 Å². The lowest BCUT2D eigenvalue weighted by molar-refractivity contribution is 0.482. The minimum Gasteiger partial charge on any atom is -0.469 e. The van der Waals surface area contributed by atoms with Crippen LogP contribution < -0.4 is 11.3 Å². The van der Waals surface area contributed by atoms with Crippen LogP contribution in [0.15, 0.2) is 34.9 Å². The Kier molecular flexibility index (Phi) is 4.58. The molecule has 19 heavy (non-hydrogen) atoms. The van der Waals surface area contributed by atoms with E-state index in [1.807, 2.05) is 13.0 Å². The molecule has 0 spiro atoms. The molecule has 1 unspecified atom stereocenters. The van der Waals surface area contributed by atoms with Crippen LogP contribution in [0.3, 0.4) is 0 Å². The third-order valence-electron chi connectivity index (χ3n) is 3.12. The van der Waals surface area contributed by atoms with Crippen molar-refractivity contribution < 1.29 is 8.81 Å². The molecule has 0 aliphatic rings. The van der Waals surface area contributed by atoms with Crippen molar-refractivity contribution in [1.29, 1.82) is 0 Å². The maximum atomic E-state index is 13.8. The number of nitrogens with one attached hydrogen (secondary N) is 1. The van der Waals surface area contributed by atoms with Crippen LogP contribution in [0.4, 0.5) is 4.39 Å². The Morgan fingerprint density at radius 2 is 2.21 bits per heavy atom. The summed E-state index contributed by atoms with van der Waals surface area (Å²) in [4.78, 5) is 0. The maximum Gasteiger partial charge on any atom is 0.127 e. The zero-order valence-corrected chi connectivity index (χ0v) is 11.4. The standard InChI is InChI=1S/C14H16ClFN2O/c1-2-14-11(5-6-19-14)13(18-17)7-9-3-4-10(15)8-12(9)16/h3-6,8,13,18H,2,7,17H2,1H3. The molecule has 0 radical (unpaired) electrons. The fourth-order valence-electron chi connectivity index (χ4n) is 2.11. The predicted molar refractivity (Wildman–Crippen MR) is 73.3 cm³/mol. The van der Waals surface area contributed by atoms with Gasteiger partial charge < -0.3 is 4.42 Å². The molecule has 2 aromatic rings. The molecule has 1 aromatic heterocycles. The number of rotatable bonds is 5. The van der Waals surface area contributed by atoms with Crippen molar-refractivity contribution in [1.82, 2.24) is 5.43 Å². The van der Waals surface area contributed by atoms with Crippen LogP contribution in [0.5, 0.6) is 0 Å². The average Bonchev–Trinajstić information content (AvgIpc) is 2.86. The smallest absolute Gasteiger partial charge is 0.127 e. The molecule has 0 fully saturated rings. The number of hydrogen-bond acceptors (Lipinski definition) is 3. The predicted octanol–water partition coefficient (Wildman–Crippen LogP) is 3.38. The number of furan rings is 1. The van der Waals surface area contributed by atoms with Crippen molar-refractivity contribution in [2.75, 3.05) is 0 Å². The van der Waals surface area contributed by atoms with Crippen molar-refractivity contribution in [3.05, 3.63) is 58.3 Å². The van der Waals surface area contributed by atoms with E-state index in [0.717, 1.165) is 17.7 Å². The summed E-state index contributed by atoms with van der Waals surface area (Å²) in [6.45, 7) is 2.00. The van der Waals surface area contributed by atoms with Crippen molar-refractivity contribution >= 4 is 11.6 Å². The first kappa shape index (κ1) is 14.1. The third-order valence-corrected chi connectivity index (χ3v) is 3.35. The number of aryl methyl sites for hydroxylation is 1. The van der Waals surface area contributed by atoms with Crippen molar-refractivity contribution in [2.24, 2.45) is 5.84 Å². The van der Waals surface area contributed by atoms with Gasteiger partial charge in [0, 0.05) is 17.0 Å². The number of nitrogens with two attached hydrogens (primary N) is 1. The lowest BCUT2D eigenvalue weighted by Gasteiger charge is -2.16. The van der Waals surface area contributed by atoms with Gasteiger partial charge in [-0.2, -0.15) is 0 Å². The lowest BCUT2D eigenvalue weighted by Crippen LogP contribution is -2.30. The number of hydrazine groups is 1. The normalized spacial score (nSPS) is 12.6. The Hall–Kier alpha value is -1.36. The second kappa shape index (κ2) is 6.19. The minimum absolute atomic E-state index is 0.190. The fraction of sp³-hybridized carbons (Fsp3) is 0.286. The minimum atomic E-state index is -0.325. The quantitative estimate of drug-likeness (QED) is 0.653. The Morgan fingerprint density at radius 1 is 1.42 bits per heavy atom. The van der Waals surface area contributed by atoms with Crippen molar-refractivity contribution in [2.45, 2.75) is 25.8 Å². The number of halogens is 2. The Balaban J connectivity index is 2.24. The molecule has 0 bridgehead atoms. The summed E-state index contributed by atoms with van der Waals surface area (Å²) in [5.41, 5.74) is 4.23. The van der Waals surface area contributed by atoms with E-state index in [1.54, 1.807) is 18.4 Å². The van der Waals surface area contributed by atoms with Crippen LogP contribution in [-0.4, -0.2) is 0 Å². The molecular formula is C14H16ClFN2O. The van der Waals surface area contributed by atoms with E-state index in [-0.39, 0.29) is 11.9 Å². The van der Waals surface area contributed by atoms with Gasteiger partial charge in [-0.1, -0.05) is 24.6 Å². The molecule has 0 aliphatic heterocycles. The van der Waals surface area contributed by atoms with Crippen LogP contribution >= 0.6 is 11.6 Å². The van der Waals surface area contributed by atoms with Crippen LogP contribution in [0.1, 0.15) is 29.9 Å². The average molecular weight is 283 g/mol. The summed E-state index contributed by atoms with van der Waals surface area (Å²) in [6, 6.07) is 6.32. The molecule has 3 nitrogen and oxygen atoms in total. The first-order chi connectivity index (χ1) is 9.15. The largest absolute Gasteiger partial charge is 0.469 e. The zero-order chi connectivity index (χ0) is 13.8. The van der Waals surface area contributed by atoms with Crippen molar-refractivity contribution in [3.8, 4) is 0 Å². The summed E-state index contributed by atoms with van der Waals surface area (Å²) >= 11 is 5.74. The molecule has 1 atom stereocenters. The molecule has 5 heteroatoms. The van der Waals surface area contributed by atoms with Gasteiger partial charge in [0.05, 0.1) is 12.3 Å². The molecule has 2 rings (SSSR count). The Morgan fingerprint density at radius 3 is 2.84 bits per heavy atom. The molecule has 0 saturated carbocycles.